The monoisotopic (exact) mass is 400 g/mol. The highest BCUT2D eigenvalue weighted by atomic mass is 16.5. The summed E-state index contributed by atoms with van der Waals surface area (Å²) in [6.07, 6.45) is 0.485. The molecule has 0 atom stereocenters. The quantitative estimate of drug-likeness (QED) is 0.603. The first-order valence-electron chi connectivity index (χ1n) is 10.5. The summed E-state index contributed by atoms with van der Waals surface area (Å²) in [4.78, 5) is 16.9. The number of amides is 1. The number of hydrogen-bond acceptors (Lipinski definition) is 3. The van der Waals surface area contributed by atoms with Crippen LogP contribution in [0.25, 0.3) is 0 Å². The molecule has 0 aromatic heterocycles. The topological polar surface area (TPSA) is 32.8 Å². The van der Waals surface area contributed by atoms with Crippen molar-refractivity contribution in [3.05, 3.63) is 95.6 Å². The predicted octanol–water partition coefficient (Wildman–Crippen LogP) is 4.67. The van der Waals surface area contributed by atoms with E-state index in [4.69, 9.17) is 4.74 Å². The molecule has 154 valence electrons. The zero-order valence-corrected chi connectivity index (χ0v) is 17.5. The number of hydrogen-bond donors (Lipinski definition) is 0. The lowest BCUT2D eigenvalue weighted by Crippen LogP contribution is -2.48. The number of nitrogens with zero attached hydrogens (tertiary/aromatic N) is 2. The smallest absolute Gasteiger partial charge is 0.227 e. The minimum atomic E-state index is 0.217. The Bertz CT molecular complexity index is 962. The second-order valence-corrected chi connectivity index (χ2v) is 7.88. The molecule has 0 radical (unpaired) electrons. The summed E-state index contributed by atoms with van der Waals surface area (Å²) in [5.41, 5.74) is 3.52. The number of carbonyl (C=O) groups is 1. The molecule has 3 aromatic rings. The highest BCUT2D eigenvalue weighted by Crippen LogP contribution is 2.23. The molecule has 1 amide bonds. The number of aryl methyl sites for hydroxylation is 1. The van der Waals surface area contributed by atoms with Gasteiger partial charge in [0.25, 0.3) is 0 Å². The predicted molar refractivity (Wildman–Crippen MR) is 120 cm³/mol. The Morgan fingerprint density at radius 2 is 1.50 bits per heavy atom. The van der Waals surface area contributed by atoms with E-state index >= 15 is 0 Å². The summed E-state index contributed by atoms with van der Waals surface area (Å²) in [7, 11) is 0. The molecule has 1 fully saturated rings. The number of benzene rings is 3. The van der Waals surface area contributed by atoms with E-state index in [2.05, 4.69) is 36.1 Å². The van der Waals surface area contributed by atoms with Crippen LogP contribution in [0.5, 0.6) is 11.5 Å². The summed E-state index contributed by atoms with van der Waals surface area (Å²) in [6, 6.07) is 26.3. The number of carbonyl (C=O) groups excluding carboxylic acids is 1. The minimum absolute atomic E-state index is 0.217. The maximum Gasteiger partial charge on any atom is 0.227 e. The van der Waals surface area contributed by atoms with Crippen LogP contribution < -0.4 is 4.74 Å². The number of piperazine rings is 1. The molecule has 4 rings (SSSR count). The van der Waals surface area contributed by atoms with Crippen molar-refractivity contribution in [2.24, 2.45) is 0 Å². The number of ether oxygens (including phenoxy) is 1. The van der Waals surface area contributed by atoms with Gasteiger partial charge in [-0.15, -0.1) is 0 Å². The Hall–Kier alpha value is -3.11. The molecule has 0 bridgehead atoms. The first-order valence-corrected chi connectivity index (χ1v) is 10.5. The van der Waals surface area contributed by atoms with Gasteiger partial charge in [-0.05, 0) is 42.3 Å². The molecule has 0 aliphatic carbocycles. The lowest BCUT2D eigenvalue weighted by atomic mass is 10.1. The van der Waals surface area contributed by atoms with Crippen LogP contribution in [0.3, 0.4) is 0 Å². The van der Waals surface area contributed by atoms with Crippen molar-refractivity contribution in [2.45, 2.75) is 19.9 Å². The summed E-state index contributed by atoms with van der Waals surface area (Å²) in [5.74, 6) is 1.92. The molecule has 30 heavy (non-hydrogen) atoms. The van der Waals surface area contributed by atoms with Gasteiger partial charge in [-0.25, -0.2) is 0 Å². The van der Waals surface area contributed by atoms with E-state index in [1.54, 1.807) is 0 Å². The van der Waals surface area contributed by atoms with E-state index in [1.807, 2.05) is 59.5 Å². The molecule has 3 aromatic carbocycles. The van der Waals surface area contributed by atoms with E-state index < -0.39 is 0 Å². The van der Waals surface area contributed by atoms with E-state index in [1.165, 1.54) is 11.1 Å². The Labute approximate surface area is 178 Å². The Kier molecular flexibility index (Phi) is 6.45. The van der Waals surface area contributed by atoms with E-state index in [9.17, 15) is 4.79 Å². The summed E-state index contributed by atoms with van der Waals surface area (Å²) < 4.78 is 6.00. The van der Waals surface area contributed by atoms with Crippen LogP contribution in [0.15, 0.2) is 78.9 Å². The molecule has 1 aliphatic heterocycles. The molecule has 4 heteroatoms. The summed E-state index contributed by atoms with van der Waals surface area (Å²) in [6.45, 7) is 6.29. The molecule has 0 unspecified atom stereocenters. The van der Waals surface area contributed by atoms with Crippen molar-refractivity contribution < 1.29 is 9.53 Å². The average molecular weight is 401 g/mol. The second kappa shape index (κ2) is 9.59. The highest BCUT2D eigenvalue weighted by Gasteiger charge is 2.21. The lowest BCUT2D eigenvalue weighted by Gasteiger charge is -2.35. The highest BCUT2D eigenvalue weighted by molar-refractivity contribution is 5.78. The van der Waals surface area contributed by atoms with Crippen molar-refractivity contribution in [1.82, 2.24) is 9.80 Å². The van der Waals surface area contributed by atoms with Crippen LogP contribution in [-0.4, -0.2) is 41.9 Å². The number of rotatable bonds is 6. The zero-order valence-electron chi connectivity index (χ0n) is 17.5. The molecule has 0 saturated carbocycles. The average Bonchev–Trinajstić information content (AvgIpc) is 2.77. The van der Waals surface area contributed by atoms with Crippen molar-refractivity contribution in [1.29, 1.82) is 0 Å². The van der Waals surface area contributed by atoms with Gasteiger partial charge in [-0.3, -0.25) is 9.69 Å². The van der Waals surface area contributed by atoms with Gasteiger partial charge >= 0.3 is 0 Å². The molecule has 1 saturated heterocycles. The molecule has 0 spiro atoms. The Morgan fingerprint density at radius 1 is 0.800 bits per heavy atom. The maximum atomic E-state index is 12.6. The zero-order chi connectivity index (χ0) is 20.8. The van der Waals surface area contributed by atoms with E-state index in [0.717, 1.165) is 49.8 Å². The summed E-state index contributed by atoms with van der Waals surface area (Å²) in [5, 5.41) is 0. The van der Waals surface area contributed by atoms with Crippen molar-refractivity contribution in [2.75, 3.05) is 26.2 Å². The largest absolute Gasteiger partial charge is 0.457 e. The third-order valence-corrected chi connectivity index (χ3v) is 5.48. The van der Waals surface area contributed by atoms with Gasteiger partial charge in [0.1, 0.15) is 11.5 Å². The van der Waals surface area contributed by atoms with Gasteiger partial charge in [-0.1, -0.05) is 60.2 Å². The van der Waals surface area contributed by atoms with Crippen molar-refractivity contribution >= 4 is 5.91 Å². The fraction of sp³-hybridized carbons (Fsp3) is 0.269. The molecule has 1 aliphatic rings. The fourth-order valence-corrected chi connectivity index (χ4v) is 3.75. The van der Waals surface area contributed by atoms with Gasteiger partial charge < -0.3 is 9.64 Å². The van der Waals surface area contributed by atoms with Crippen LogP contribution >= 0.6 is 0 Å². The van der Waals surface area contributed by atoms with Gasteiger partial charge in [-0.2, -0.15) is 0 Å². The van der Waals surface area contributed by atoms with Gasteiger partial charge in [0.05, 0.1) is 6.42 Å². The van der Waals surface area contributed by atoms with E-state index in [0.29, 0.717) is 6.42 Å². The van der Waals surface area contributed by atoms with Crippen molar-refractivity contribution in [3.63, 3.8) is 0 Å². The van der Waals surface area contributed by atoms with Gasteiger partial charge in [0, 0.05) is 32.7 Å². The molecule has 4 nitrogen and oxygen atoms in total. The SMILES string of the molecule is Cc1ccc(Oc2cccc(CN3CCN(C(=O)Cc4ccccc4)CC3)c2)cc1. The lowest BCUT2D eigenvalue weighted by molar-refractivity contribution is -0.132. The van der Waals surface area contributed by atoms with E-state index in [-0.39, 0.29) is 5.91 Å². The molecular formula is C26H28N2O2. The first kappa shape index (κ1) is 20.2. The van der Waals surface area contributed by atoms with Crippen molar-refractivity contribution in [3.8, 4) is 11.5 Å². The first-order chi connectivity index (χ1) is 14.7. The van der Waals surface area contributed by atoms with Crippen LogP contribution in [0.2, 0.25) is 0 Å². The van der Waals surface area contributed by atoms with Crippen LogP contribution in [0.1, 0.15) is 16.7 Å². The van der Waals surface area contributed by atoms with Crippen LogP contribution in [0.4, 0.5) is 0 Å². The Balaban J connectivity index is 1.28. The minimum Gasteiger partial charge on any atom is -0.457 e. The van der Waals surface area contributed by atoms with Crippen LogP contribution in [0, 0.1) is 6.92 Å². The fourth-order valence-electron chi connectivity index (χ4n) is 3.75. The second-order valence-electron chi connectivity index (χ2n) is 7.88. The van der Waals surface area contributed by atoms with Gasteiger partial charge in [0.15, 0.2) is 0 Å². The Morgan fingerprint density at radius 3 is 2.23 bits per heavy atom. The normalized spacial score (nSPS) is 14.5. The molecule has 1 heterocycles. The van der Waals surface area contributed by atoms with Crippen LogP contribution in [-0.2, 0) is 17.8 Å². The molecular weight excluding hydrogens is 372 g/mol. The molecule has 0 N–H and O–H groups in total. The third kappa shape index (κ3) is 5.49. The summed E-state index contributed by atoms with van der Waals surface area (Å²) >= 11 is 0. The standard InChI is InChI=1S/C26H28N2O2/c1-21-10-12-24(13-11-21)30-25-9-5-8-23(18-25)20-27-14-16-28(17-15-27)26(29)19-22-6-3-2-4-7-22/h2-13,18H,14-17,19-20H2,1H3. The van der Waals surface area contributed by atoms with Gasteiger partial charge in [0.2, 0.25) is 5.91 Å². The third-order valence-electron chi connectivity index (χ3n) is 5.48. The maximum absolute atomic E-state index is 12.6.